The molecule has 2 aromatic carbocycles. The maximum Gasteiger partial charge on any atom is 0.338 e. The molecule has 1 fully saturated rings. The summed E-state index contributed by atoms with van der Waals surface area (Å²) in [7, 11) is 0. The number of benzene rings is 2. The van der Waals surface area contributed by atoms with Gasteiger partial charge in [-0.1, -0.05) is 31.9 Å². The van der Waals surface area contributed by atoms with Crippen LogP contribution in [0.15, 0.2) is 48.5 Å². The SMILES string of the molecule is CCCCCOC(=O)c1ccc(N2C[C@@H](C(=O)OCC(=O)Nc3ccccc3OCC)CC2=O)cc1. The monoisotopic (exact) mass is 496 g/mol. The molecule has 0 bridgehead atoms. The van der Waals surface area contributed by atoms with Crippen molar-refractivity contribution in [1.29, 1.82) is 0 Å². The van der Waals surface area contributed by atoms with E-state index < -0.39 is 30.4 Å². The normalized spacial score (nSPS) is 14.9. The van der Waals surface area contributed by atoms with Crippen molar-refractivity contribution in [2.24, 2.45) is 5.92 Å². The maximum atomic E-state index is 12.5. The maximum absolute atomic E-state index is 12.5. The van der Waals surface area contributed by atoms with Gasteiger partial charge in [-0.25, -0.2) is 4.79 Å². The van der Waals surface area contributed by atoms with E-state index in [1.807, 2.05) is 6.92 Å². The van der Waals surface area contributed by atoms with Crippen LogP contribution in [0.5, 0.6) is 5.75 Å². The zero-order chi connectivity index (χ0) is 25.9. The molecule has 3 rings (SSSR count). The lowest BCUT2D eigenvalue weighted by Crippen LogP contribution is -2.28. The molecule has 0 unspecified atom stereocenters. The third-order valence-electron chi connectivity index (χ3n) is 5.66. The summed E-state index contributed by atoms with van der Waals surface area (Å²) < 4.78 is 15.9. The third-order valence-corrected chi connectivity index (χ3v) is 5.66. The molecule has 36 heavy (non-hydrogen) atoms. The lowest BCUT2D eigenvalue weighted by atomic mass is 10.1. The largest absolute Gasteiger partial charge is 0.492 e. The zero-order valence-corrected chi connectivity index (χ0v) is 20.7. The number of hydrogen-bond donors (Lipinski definition) is 1. The van der Waals surface area contributed by atoms with Crippen LogP contribution >= 0.6 is 0 Å². The van der Waals surface area contributed by atoms with Crippen molar-refractivity contribution < 1.29 is 33.4 Å². The molecule has 1 saturated heterocycles. The molecule has 1 aliphatic heterocycles. The summed E-state index contributed by atoms with van der Waals surface area (Å²) in [4.78, 5) is 50.9. The highest BCUT2D eigenvalue weighted by Gasteiger charge is 2.36. The smallest absolute Gasteiger partial charge is 0.338 e. The average Bonchev–Trinajstić information content (AvgIpc) is 3.28. The minimum Gasteiger partial charge on any atom is -0.492 e. The van der Waals surface area contributed by atoms with Crippen molar-refractivity contribution in [2.45, 2.75) is 39.5 Å². The second-order valence-corrected chi connectivity index (χ2v) is 8.38. The van der Waals surface area contributed by atoms with Crippen molar-refractivity contribution in [2.75, 3.05) is 36.6 Å². The fourth-order valence-corrected chi connectivity index (χ4v) is 3.78. The molecule has 1 aliphatic rings. The number of para-hydroxylation sites is 2. The summed E-state index contributed by atoms with van der Waals surface area (Å²) >= 11 is 0. The van der Waals surface area contributed by atoms with Gasteiger partial charge in [0.2, 0.25) is 5.91 Å². The molecule has 1 N–H and O–H groups in total. The molecule has 0 saturated carbocycles. The Morgan fingerprint density at radius 1 is 1.00 bits per heavy atom. The Morgan fingerprint density at radius 3 is 2.47 bits per heavy atom. The lowest BCUT2D eigenvalue weighted by Gasteiger charge is -2.17. The summed E-state index contributed by atoms with van der Waals surface area (Å²) in [6, 6.07) is 13.5. The van der Waals surface area contributed by atoms with Gasteiger partial charge in [0.05, 0.1) is 30.4 Å². The fourth-order valence-electron chi connectivity index (χ4n) is 3.78. The first-order chi connectivity index (χ1) is 17.4. The van der Waals surface area contributed by atoms with Gasteiger partial charge in [0.15, 0.2) is 6.61 Å². The van der Waals surface area contributed by atoms with Crippen molar-refractivity contribution in [3.63, 3.8) is 0 Å². The summed E-state index contributed by atoms with van der Waals surface area (Å²) in [5, 5.41) is 2.66. The van der Waals surface area contributed by atoms with Crippen LogP contribution in [-0.2, 0) is 23.9 Å². The number of carbonyl (C=O) groups is 4. The topological polar surface area (TPSA) is 111 Å². The number of nitrogens with one attached hydrogen (secondary N) is 1. The highest BCUT2D eigenvalue weighted by molar-refractivity contribution is 6.00. The molecule has 2 aromatic rings. The molecule has 9 heteroatoms. The summed E-state index contributed by atoms with van der Waals surface area (Å²) in [5.41, 5.74) is 1.45. The van der Waals surface area contributed by atoms with Crippen molar-refractivity contribution in [1.82, 2.24) is 0 Å². The van der Waals surface area contributed by atoms with E-state index >= 15 is 0 Å². The Balaban J connectivity index is 1.49. The van der Waals surface area contributed by atoms with Gasteiger partial charge in [0.1, 0.15) is 5.75 Å². The minimum absolute atomic E-state index is 0.0190. The molecule has 0 aromatic heterocycles. The molecular weight excluding hydrogens is 464 g/mol. The molecule has 0 radical (unpaired) electrons. The molecule has 1 atom stereocenters. The number of ether oxygens (including phenoxy) is 3. The van der Waals surface area contributed by atoms with Crippen LogP contribution in [0.4, 0.5) is 11.4 Å². The number of anilines is 2. The lowest BCUT2D eigenvalue weighted by molar-refractivity contribution is -0.151. The van der Waals surface area contributed by atoms with Crippen molar-refractivity contribution in [3.8, 4) is 5.75 Å². The van der Waals surface area contributed by atoms with E-state index in [9.17, 15) is 19.2 Å². The van der Waals surface area contributed by atoms with Gasteiger partial charge in [-0.2, -0.15) is 0 Å². The quantitative estimate of drug-likeness (QED) is 0.350. The fraction of sp³-hybridized carbons (Fsp3) is 0.407. The van der Waals surface area contributed by atoms with Gasteiger partial charge in [-0.05, 0) is 49.7 Å². The first-order valence-corrected chi connectivity index (χ1v) is 12.2. The Kier molecular flexibility index (Phi) is 9.85. The first kappa shape index (κ1) is 26.7. The number of carbonyl (C=O) groups excluding carboxylic acids is 4. The Bertz CT molecular complexity index is 1070. The highest BCUT2D eigenvalue weighted by Crippen LogP contribution is 2.27. The van der Waals surface area contributed by atoms with Crippen molar-refractivity contribution in [3.05, 3.63) is 54.1 Å². The zero-order valence-electron chi connectivity index (χ0n) is 20.7. The summed E-state index contributed by atoms with van der Waals surface area (Å²) in [6.07, 6.45) is 2.84. The van der Waals surface area contributed by atoms with Gasteiger partial charge in [0, 0.05) is 18.7 Å². The number of nitrogens with zero attached hydrogens (tertiary/aromatic N) is 1. The van der Waals surface area contributed by atoms with Gasteiger partial charge >= 0.3 is 11.9 Å². The molecule has 9 nitrogen and oxygen atoms in total. The number of unbranched alkanes of at least 4 members (excludes halogenated alkanes) is 2. The number of rotatable bonds is 12. The van der Waals surface area contributed by atoms with E-state index in [0.717, 1.165) is 19.3 Å². The Hall–Kier alpha value is -3.88. The van der Waals surface area contributed by atoms with Crippen LogP contribution in [0.25, 0.3) is 0 Å². The van der Waals surface area contributed by atoms with E-state index in [1.165, 1.54) is 4.90 Å². The van der Waals surface area contributed by atoms with Crippen LogP contribution in [0.2, 0.25) is 0 Å². The predicted octanol–water partition coefficient (Wildman–Crippen LogP) is 3.97. The number of esters is 2. The highest BCUT2D eigenvalue weighted by atomic mass is 16.5. The average molecular weight is 497 g/mol. The van der Waals surface area contributed by atoms with E-state index in [4.69, 9.17) is 14.2 Å². The Labute approximate surface area is 210 Å². The number of amides is 2. The standard InChI is InChI=1S/C27H32N2O7/c1-3-5-8-15-35-26(32)19-11-13-21(14-12-19)29-17-20(16-25(29)31)27(33)36-18-24(30)28-22-9-6-7-10-23(22)34-4-2/h6-7,9-14,20H,3-5,8,15-18H2,1-2H3,(H,28,30)/t20-/m0/s1. The predicted molar refractivity (Wildman–Crippen MR) is 134 cm³/mol. The van der Waals surface area contributed by atoms with Crippen LogP contribution in [0, 0.1) is 5.92 Å². The molecular formula is C27H32N2O7. The molecule has 2 amide bonds. The van der Waals surface area contributed by atoms with E-state index in [-0.39, 0.29) is 18.9 Å². The summed E-state index contributed by atoms with van der Waals surface area (Å²) in [5.74, 6) is -1.94. The van der Waals surface area contributed by atoms with Crippen LogP contribution < -0.4 is 15.0 Å². The number of hydrogen-bond acceptors (Lipinski definition) is 7. The van der Waals surface area contributed by atoms with E-state index in [2.05, 4.69) is 12.2 Å². The second kappa shape index (κ2) is 13.3. The van der Waals surface area contributed by atoms with E-state index in [1.54, 1.807) is 48.5 Å². The Morgan fingerprint density at radius 2 is 1.75 bits per heavy atom. The third kappa shape index (κ3) is 7.31. The van der Waals surface area contributed by atoms with Gasteiger partial charge in [-0.15, -0.1) is 0 Å². The molecule has 192 valence electrons. The van der Waals surface area contributed by atoms with Crippen LogP contribution in [0.1, 0.15) is 49.9 Å². The first-order valence-electron chi connectivity index (χ1n) is 12.2. The van der Waals surface area contributed by atoms with Crippen LogP contribution in [0.3, 0.4) is 0 Å². The van der Waals surface area contributed by atoms with Gasteiger partial charge in [0.25, 0.3) is 5.91 Å². The van der Waals surface area contributed by atoms with Gasteiger partial charge in [-0.3, -0.25) is 14.4 Å². The molecule has 1 heterocycles. The molecule has 0 spiro atoms. The molecule has 0 aliphatic carbocycles. The second-order valence-electron chi connectivity index (χ2n) is 8.38. The van der Waals surface area contributed by atoms with Gasteiger partial charge < -0.3 is 24.4 Å². The van der Waals surface area contributed by atoms with Crippen LogP contribution in [-0.4, -0.2) is 50.1 Å². The summed E-state index contributed by atoms with van der Waals surface area (Å²) in [6.45, 7) is 4.39. The van der Waals surface area contributed by atoms with Crippen molar-refractivity contribution >= 4 is 35.1 Å². The van der Waals surface area contributed by atoms with E-state index in [0.29, 0.717) is 35.9 Å². The minimum atomic E-state index is -0.691.